The van der Waals surface area contributed by atoms with Crippen molar-refractivity contribution in [1.29, 1.82) is 5.26 Å². The first-order valence-corrected chi connectivity index (χ1v) is 15.9. The van der Waals surface area contributed by atoms with E-state index in [4.69, 9.17) is 9.97 Å². The molecule has 222 valence electrons. The molecule has 1 aliphatic carbocycles. The molecule has 7 aromatic rings. The van der Waals surface area contributed by atoms with Crippen LogP contribution >= 0.6 is 0 Å². The molecule has 0 radical (unpaired) electrons. The minimum absolute atomic E-state index is 0.0954. The number of aromatic nitrogens is 2. The Morgan fingerprint density at radius 2 is 1.04 bits per heavy atom. The van der Waals surface area contributed by atoms with Crippen molar-refractivity contribution in [2.45, 2.75) is 19.3 Å². The number of hydrogen-bond donors (Lipinski definition) is 0. The van der Waals surface area contributed by atoms with Gasteiger partial charge in [-0.2, -0.15) is 5.26 Å². The molecule has 0 fully saturated rings. The van der Waals surface area contributed by atoms with Crippen LogP contribution in [0.15, 0.2) is 152 Å². The Morgan fingerprint density at radius 3 is 1.79 bits per heavy atom. The van der Waals surface area contributed by atoms with E-state index in [9.17, 15) is 5.26 Å². The Labute approximate surface area is 275 Å². The van der Waals surface area contributed by atoms with Crippen LogP contribution in [0.2, 0.25) is 0 Å². The Hall–Kier alpha value is -6.11. The normalized spacial score (nSPS) is 12.6. The first kappa shape index (κ1) is 28.4. The Bertz CT molecular complexity index is 2330. The quantitative estimate of drug-likeness (QED) is 0.197. The molecule has 1 aromatic heterocycles. The summed E-state index contributed by atoms with van der Waals surface area (Å²) in [5.74, 6) is 0.636. The third-order valence-electron chi connectivity index (χ3n) is 9.30. The molecule has 0 unspecified atom stereocenters. The molecule has 3 nitrogen and oxygen atoms in total. The highest BCUT2D eigenvalue weighted by Crippen LogP contribution is 2.49. The Morgan fingerprint density at radius 1 is 0.447 bits per heavy atom. The van der Waals surface area contributed by atoms with Crippen molar-refractivity contribution in [3.63, 3.8) is 0 Å². The zero-order valence-corrected chi connectivity index (χ0v) is 26.3. The van der Waals surface area contributed by atoms with Gasteiger partial charge in [0.25, 0.3) is 0 Å². The molecule has 6 aromatic carbocycles. The molecule has 47 heavy (non-hydrogen) atoms. The van der Waals surface area contributed by atoms with Gasteiger partial charge in [0, 0.05) is 22.1 Å². The minimum Gasteiger partial charge on any atom is -0.228 e. The molecule has 1 heterocycles. The molecular formula is C44H31N3. The third kappa shape index (κ3) is 5.11. The van der Waals surface area contributed by atoms with Crippen LogP contribution in [0.4, 0.5) is 0 Å². The Balaban J connectivity index is 1.33. The summed E-state index contributed by atoms with van der Waals surface area (Å²) in [6, 6.07) is 54.9. The summed E-state index contributed by atoms with van der Waals surface area (Å²) in [5.41, 5.74) is 14.7. The zero-order chi connectivity index (χ0) is 32.0. The lowest BCUT2D eigenvalue weighted by Gasteiger charge is -2.22. The van der Waals surface area contributed by atoms with E-state index in [1.807, 2.05) is 54.6 Å². The van der Waals surface area contributed by atoms with Crippen molar-refractivity contribution in [2.75, 3.05) is 0 Å². The first-order valence-electron chi connectivity index (χ1n) is 15.9. The largest absolute Gasteiger partial charge is 0.228 e. The van der Waals surface area contributed by atoms with Gasteiger partial charge in [-0.05, 0) is 87.0 Å². The molecule has 0 amide bonds. The predicted molar refractivity (Wildman–Crippen MR) is 191 cm³/mol. The molecular weight excluding hydrogens is 571 g/mol. The molecule has 0 atom stereocenters. The highest BCUT2D eigenvalue weighted by Gasteiger charge is 2.35. The molecule has 0 aliphatic heterocycles. The van der Waals surface area contributed by atoms with Gasteiger partial charge in [-0.1, -0.05) is 123 Å². The van der Waals surface area contributed by atoms with Crippen LogP contribution in [0.3, 0.4) is 0 Å². The van der Waals surface area contributed by atoms with Gasteiger partial charge >= 0.3 is 0 Å². The van der Waals surface area contributed by atoms with E-state index in [-0.39, 0.29) is 5.41 Å². The number of hydrogen-bond acceptors (Lipinski definition) is 3. The van der Waals surface area contributed by atoms with Gasteiger partial charge in [0.2, 0.25) is 0 Å². The lowest BCUT2D eigenvalue weighted by atomic mass is 9.81. The average Bonchev–Trinajstić information content (AvgIpc) is 3.37. The van der Waals surface area contributed by atoms with Gasteiger partial charge in [-0.25, -0.2) is 9.97 Å². The van der Waals surface area contributed by atoms with E-state index in [0.29, 0.717) is 11.4 Å². The van der Waals surface area contributed by atoms with Crippen LogP contribution in [-0.2, 0) is 5.41 Å². The molecule has 0 spiro atoms. The molecule has 0 bridgehead atoms. The molecule has 3 heteroatoms. The van der Waals surface area contributed by atoms with Crippen molar-refractivity contribution >= 4 is 0 Å². The highest BCUT2D eigenvalue weighted by atomic mass is 14.9. The van der Waals surface area contributed by atoms with Crippen LogP contribution in [0, 0.1) is 11.3 Å². The fraction of sp³-hybridized carbons (Fsp3) is 0.0682. The van der Waals surface area contributed by atoms with Gasteiger partial charge in [-0.15, -0.1) is 0 Å². The predicted octanol–water partition coefficient (Wildman–Crippen LogP) is 11.0. The fourth-order valence-corrected chi connectivity index (χ4v) is 6.83. The summed E-state index contributed by atoms with van der Waals surface area (Å²) in [7, 11) is 0. The van der Waals surface area contributed by atoms with E-state index >= 15 is 0 Å². The van der Waals surface area contributed by atoms with Crippen LogP contribution in [0.25, 0.3) is 67.3 Å². The van der Waals surface area contributed by atoms with Gasteiger partial charge in [0.05, 0.1) is 23.0 Å². The molecule has 0 N–H and O–H groups in total. The lowest BCUT2D eigenvalue weighted by molar-refractivity contribution is 0.660. The molecule has 0 saturated heterocycles. The van der Waals surface area contributed by atoms with Crippen molar-refractivity contribution in [3.8, 4) is 73.4 Å². The number of nitrogens with zero attached hydrogens (tertiary/aromatic N) is 3. The van der Waals surface area contributed by atoms with Crippen LogP contribution in [0.1, 0.15) is 30.5 Å². The van der Waals surface area contributed by atoms with Crippen LogP contribution in [0.5, 0.6) is 0 Å². The smallest absolute Gasteiger partial charge is 0.160 e. The molecule has 1 aliphatic rings. The second-order valence-corrected chi connectivity index (χ2v) is 12.6. The van der Waals surface area contributed by atoms with Crippen molar-refractivity contribution < 1.29 is 0 Å². The van der Waals surface area contributed by atoms with Crippen LogP contribution < -0.4 is 0 Å². The third-order valence-corrected chi connectivity index (χ3v) is 9.30. The SMILES string of the molecule is CC1(C)c2ccccc2-c2ccc(-c3cc(-c4ccccc4)cc(-c4nc(-c5ccccc5)cc(-c5cccc(C#N)c5)n4)c3)cc21. The second kappa shape index (κ2) is 11.4. The summed E-state index contributed by atoms with van der Waals surface area (Å²) >= 11 is 0. The summed E-state index contributed by atoms with van der Waals surface area (Å²) < 4.78 is 0. The second-order valence-electron chi connectivity index (χ2n) is 12.6. The van der Waals surface area contributed by atoms with Crippen molar-refractivity contribution in [3.05, 3.63) is 168 Å². The zero-order valence-electron chi connectivity index (χ0n) is 26.3. The highest BCUT2D eigenvalue weighted by molar-refractivity contribution is 5.86. The van der Waals surface area contributed by atoms with E-state index in [1.54, 1.807) is 0 Å². The standard InChI is InChI=1S/C44H31N3/c1-44(2)39-19-10-9-18-37(39)38-21-20-32(26-40(38)44)35-23-34(30-13-5-3-6-14-30)24-36(25-35)43-46-41(31-15-7-4-8-16-31)27-42(47-43)33-17-11-12-29(22-33)28-45/h3-27H,1-2H3. The number of benzene rings is 6. The summed E-state index contributed by atoms with van der Waals surface area (Å²) in [6.45, 7) is 4.64. The maximum Gasteiger partial charge on any atom is 0.160 e. The molecule has 8 rings (SSSR count). The molecule has 0 saturated carbocycles. The maximum atomic E-state index is 9.61. The van der Waals surface area contributed by atoms with Gasteiger partial charge in [0.15, 0.2) is 5.82 Å². The number of nitriles is 1. The van der Waals surface area contributed by atoms with E-state index in [2.05, 4.69) is 117 Å². The topological polar surface area (TPSA) is 49.6 Å². The summed E-state index contributed by atoms with van der Waals surface area (Å²) in [5, 5.41) is 9.61. The number of rotatable bonds is 5. The lowest BCUT2D eigenvalue weighted by Crippen LogP contribution is -2.14. The first-order chi connectivity index (χ1) is 23.0. The van der Waals surface area contributed by atoms with Gasteiger partial charge < -0.3 is 0 Å². The van der Waals surface area contributed by atoms with E-state index in [0.717, 1.165) is 50.3 Å². The Kier molecular flexibility index (Phi) is 6.85. The average molecular weight is 602 g/mol. The number of fused-ring (bicyclic) bond motifs is 3. The van der Waals surface area contributed by atoms with Crippen LogP contribution in [-0.4, -0.2) is 9.97 Å². The summed E-state index contributed by atoms with van der Waals surface area (Å²) in [4.78, 5) is 10.3. The fourth-order valence-electron chi connectivity index (χ4n) is 6.83. The minimum atomic E-state index is -0.0954. The van der Waals surface area contributed by atoms with Gasteiger partial charge in [-0.3, -0.25) is 0 Å². The summed E-state index contributed by atoms with van der Waals surface area (Å²) in [6.07, 6.45) is 0. The maximum absolute atomic E-state index is 9.61. The van der Waals surface area contributed by atoms with E-state index in [1.165, 1.54) is 22.3 Å². The van der Waals surface area contributed by atoms with Crippen molar-refractivity contribution in [2.24, 2.45) is 0 Å². The monoisotopic (exact) mass is 601 g/mol. The van der Waals surface area contributed by atoms with Crippen molar-refractivity contribution in [1.82, 2.24) is 9.97 Å². The van der Waals surface area contributed by atoms with E-state index < -0.39 is 0 Å². The van der Waals surface area contributed by atoms with Gasteiger partial charge in [0.1, 0.15) is 0 Å².